The number of piperidine rings is 1. The second-order valence-electron chi connectivity index (χ2n) is 7.02. The molecule has 1 heterocycles. The van der Waals surface area contributed by atoms with Crippen molar-refractivity contribution in [2.24, 2.45) is 0 Å². The zero-order valence-corrected chi connectivity index (χ0v) is 15.0. The fraction of sp³-hybridized carbons (Fsp3) is 0.529. The van der Waals surface area contributed by atoms with Crippen LogP contribution in [0.25, 0.3) is 0 Å². The Bertz CT molecular complexity index is 728. The number of rotatable bonds is 7. The van der Waals surface area contributed by atoms with Crippen LogP contribution in [-0.2, 0) is 11.3 Å². The number of benzene rings is 1. The molecule has 0 saturated carbocycles. The number of fused-ring (bicyclic) bond motifs is 2. The van der Waals surface area contributed by atoms with E-state index in [-0.39, 0.29) is 49.1 Å². The molecule has 0 spiro atoms. The fourth-order valence-corrected chi connectivity index (χ4v) is 4.25. The Kier molecular flexibility index (Phi) is 5.15. The summed E-state index contributed by atoms with van der Waals surface area (Å²) in [6.07, 6.45) is 1.51. The quantitative estimate of drug-likeness (QED) is 0.431. The van der Waals surface area contributed by atoms with E-state index in [1.165, 1.54) is 6.08 Å². The van der Waals surface area contributed by atoms with Crippen molar-refractivity contribution in [3.8, 4) is 0 Å². The zero-order valence-electron chi connectivity index (χ0n) is 14.2. The molecule has 3 rings (SSSR count). The molecule has 8 nitrogen and oxygen atoms in total. The Morgan fingerprint density at radius 3 is 2.50 bits per heavy atom. The predicted molar refractivity (Wildman–Crippen MR) is 94.3 cm³/mol. The van der Waals surface area contributed by atoms with E-state index in [1.807, 2.05) is 30.3 Å². The van der Waals surface area contributed by atoms with Gasteiger partial charge in [-0.2, -0.15) is 0 Å². The molecule has 1 saturated heterocycles. The molecule has 3 atom stereocenters. The van der Waals surface area contributed by atoms with Crippen LogP contribution in [0.5, 0.6) is 0 Å². The maximum atomic E-state index is 12.0. The van der Waals surface area contributed by atoms with Crippen molar-refractivity contribution in [2.45, 2.75) is 30.5 Å². The van der Waals surface area contributed by atoms with Gasteiger partial charge in [0.15, 0.2) is 12.3 Å². The highest BCUT2D eigenvalue weighted by atomic mass is 35.5. The molecular weight excluding hydrogens is 362 g/mol. The lowest BCUT2D eigenvalue weighted by Gasteiger charge is -2.43. The van der Waals surface area contributed by atoms with Gasteiger partial charge in [-0.1, -0.05) is 30.3 Å². The third-order valence-corrected chi connectivity index (χ3v) is 5.39. The van der Waals surface area contributed by atoms with Crippen molar-refractivity contribution in [2.75, 3.05) is 25.6 Å². The SMILES string of the molecule is O=[N+]([O-])[C@]12CC=C(OCCCl)[C@]([N+](=O)[O-])(C[NH+](Cc3ccccc3)C1)C2. The number of likely N-dealkylation sites (tertiary alicyclic amines) is 1. The van der Waals surface area contributed by atoms with E-state index in [9.17, 15) is 20.2 Å². The molecular formula is C17H21ClN3O5+. The molecule has 26 heavy (non-hydrogen) atoms. The molecule has 9 heteroatoms. The topological polar surface area (TPSA) is 100.0 Å². The van der Waals surface area contributed by atoms with Gasteiger partial charge in [0.05, 0.1) is 5.88 Å². The van der Waals surface area contributed by atoms with E-state index in [2.05, 4.69) is 0 Å². The number of nitrogens with zero attached hydrogens (tertiary/aromatic N) is 2. The largest absolute Gasteiger partial charge is 0.489 e. The molecule has 1 N–H and O–H groups in total. The number of nitrogens with one attached hydrogen (secondary N) is 1. The highest BCUT2D eigenvalue weighted by molar-refractivity contribution is 6.17. The summed E-state index contributed by atoms with van der Waals surface area (Å²) in [4.78, 5) is 24.0. The third kappa shape index (κ3) is 3.26. The van der Waals surface area contributed by atoms with E-state index < -0.39 is 16.0 Å². The van der Waals surface area contributed by atoms with Crippen LogP contribution in [0.3, 0.4) is 0 Å². The standard InChI is InChI=1S/C17H20ClN3O5/c18-8-9-26-15-6-7-16(20(22)23)11-17(15,21(24)25)13-19(12-16)10-14-4-2-1-3-5-14/h1-6H,7-13H2/p+1/t16-,17+/m0/s1. The van der Waals surface area contributed by atoms with Crippen molar-refractivity contribution < 1.29 is 19.5 Å². The first-order valence-electron chi connectivity index (χ1n) is 8.48. The van der Waals surface area contributed by atoms with Gasteiger partial charge in [0.2, 0.25) is 0 Å². The summed E-state index contributed by atoms with van der Waals surface area (Å²) in [5.74, 6) is 0.414. The molecule has 1 aromatic carbocycles. The summed E-state index contributed by atoms with van der Waals surface area (Å²) in [5, 5.41) is 23.9. The van der Waals surface area contributed by atoms with Crippen LogP contribution >= 0.6 is 11.6 Å². The third-order valence-electron chi connectivity index (χ3n) is 5.24. The van der Waals surface area contributed by atoms with Crippen LogP contribution in [0.2, 0.25) is 0 Å². The number of ether oxygens (including phenoxy) is 1. The molecule has 1 aliphatic carbocycles. The van der Waals surface area contributed by atoms with Crippen molar-refractivity contribution in [1.82, 2.24) is 0 Å². The summed E-state index contributed by atoms with van der Waals surface area (Å²) >= 11 is 5.66. The van der Waals surface area contributed by atoms with Gasteiger partial charge >= 0.3 is 5.54 Å². The summed E-state index contributed by atoms with van der Waals surface area (Å²) in [6, 6.07) is 9.52. The highest BCUT2D eigenvalue weighted by Crippen LogP contribution is 2.41. The minimum absolute atomic E-state index is 0.130. The average molecular weight is 383 g/mol. The number of hydrogen-bond donors (Lipinski definition) is 1. The monoisotopic (exact) mass is 382 g/mol. The maximum absolute atomic E-state index is 12.0. The maximum Gasteiger partial charge on any atom is 0.331 e. The Balaban J connectivity index is 1.97. The number of hydrogen-bond acceptors (Lipinski definition) is 5. The van der Waals surface area contributed by atoms with Crippen LogP contribution in [0, 0.1) is 20.2 Å². The molecule has 1 unspecified atom stereocenters. The Morgan fingerprint density at radius 2 is 1.88 bits per heavy atom. The van der Waals surface area contributed by atoms with Crippen LogP contribution < -0.4 is 4.90 Å². The average Bonchev–Trinajstić information content (AvgIpc) is 2.61. The van der Waals surface area contributed by atoms with Crippen LogP contribution in [0.4, 0.5) is 0 Å². The summed E-state index contributed by atoms with van der Waals surface area (Å²) in [5.41, 5.74) is -1.94. The Labute approximate surface area is 155 Å². The summed E-state index contributed by atoms with van der Waals surface area (Å²) in [7, 11) is 0. The summed E-state index contributed by atoms with van der Waals surface area (Å²) < 4.78 is 5.56. The smallest absolute Gasteiger partial charge is 0.331 e. The second kappa shape index (κ2) is 7.20. The first kappa shape index (κ1) is 18.6. The van der Waals surface area contributed by atoms with Gasteiger partial charge in [-0.3, -0.25) is 20.2 Å². The molecule has 1 fully saturated rings. The van der Waals surface area contributed by atoms with Crippen molar-refractivity contribution in [3.63, 3.8) is 0 Å². The van der Waals surface area contributed by atoms with E-state index in [1.54, 1.807) is 0 Å². The van der Waals surface area contributed by atoms with Crippen LogP contribution in [0.1, 0.15) is 18.4 Å². The van der Waals surface area contributed by atoms with Gasteiger partial charge in [-0.25, -0.2) is 0 Å². The van der Waals surface area contributed by atoms with Crippen molar-refractivity contribution in [3.05, 3.63) is 68.0 Å². The number of quaternary nitrogens is 1. The van der Waals surface area contributed by atoms with E-state index in [0.717, 1.165) is 10.5 Å². The van der Waals surface area contributed by atoms with Gasteiger partial charge in [0.25, 0.3) is 5.54 Å². The van der Waals surface area contributed by atoms with E-state index >= 15 is 0 Å². The molecule has 0 aromatic heterocycles. The second-order valence-corrected chi connectivity index (χ2v) is 7.40. The molecule has 1 aromatic rings. The van der Waals surface area contributed by atoms with Gasteiger partial charge in [-0.15, -0.1) is 11.6 Å². The van der Waals surface area contributed by atoms with Gasteiger partial charge < -0.3 is 9.64 Å². The first-order chi connectivity index (χ1) is 12.4. The normalized spacial score (nSPS) is 30.3. The van der Waals surface area contributed by atoms with E-state index in [0.29, 0.717) is 6.54 Å². The zero-order chi connectivity index (χ0) is 18.8. The molecule has 2 aliphatic rings. The molecule has 0 amide bonds. The molecule has 140 valence electrons. The van der Waals surface area contributed by atoms with Crippen LogP contribution in [-0.4, -0.2) is 46.5 Å². The number of nitro groups is 2. The van der Waals surface area contributed by atoms with Gasteiger partial charge in [0.1, 0.15) is 26.1 Å². The molecule has 0 radical (unpaired) electrons. The van der Waals surface area contributed by atoms with Crippen LogP contribution in [0.15, 0.2) is 42.2 Å². The Morgan fingerprint density at radius 1 is 1.15 bits per heavy atom. The minimum Gasteiger partial charge on any atom is -0.489 e. The lowest BCUT2D eigenvalue weighted by Crippen LogP contribution is -3.17. The van der Waals surface area contributed by atoms with Gasteiger partial charge in [0, 0.05) is 21.8 Å². The van der Waals surface area contributed by atoms with Gasteiger partial charge in [-0.05, 0) is 6.08 Å². The predicted octanol–water partition coefficient (Wildman–Crippen LogP) is 1.05. The lowest BCUT2D eigenvalue weighted by molar-refractivity contribution is -0.955. The molecule has 2 bridgehead atoms. The van der Waals surface area contributed by atoms with Crippen molar-refractivity contribution >= 4 is 11.6 Å². The highest BCUT2D eigenvalue weighted by Gasteiger charge is 2.69. The minimum atomic E-state index is -1.58. The number of halogens is 1. The number of alkyl halides is 1. The lowest BCUT2D eigenvalue weighted by atomic mass is 9.71. The molecule has 1 aliphatic heterocycles. The first-order valence-corrected chi connectivity index (χ1v) is 9.01. The Hall–Kier alpha value is -2.19. The van der Waals surface area contributed by atoms with Crippen molar-refractivity contribution in [1.29, 1.82) is 0 Å². The summed E-state index contributed by atoms with van der Waals surface area (Å²) in [6.45, 7) is 1.04. The fourth-order valence-electron chi connectivity index (χ4n) is 4.18. The van der Waals surface area contributed by atoms with E-state index in [4.69, 9.17) is 16.3 Å².